The number of imidazole rings is 1. The van der Waals surface area contributed by atoms with Crippen molar-refractivity contribution in [3.63, 3.8) is 0 Å². The molecule has 0 aliphatic carbocycles. The van der Waals surface area contributed by atoms with Crippen molar-refractivity contribution >= 4 is 0 Å². The number of methoxy groups -OCH3 is 2. The minimum Gasteiger partial charge on any atom is -0.493 e. The Bertz CT molecular complexity index is 508. The van der Waals surface area contributed by atoms with Crippen LogP contribution < -0.4 is 15.2 Å². The normalized spacial score (nSPS) is 10.3. The van der Waals surface area contributed by atoms with Gasteiger partial charge in [-0.05, 0) is 18.2 Å². The minimum atomic E-state index is 0.420. The summed E-state index contributed by atoms with van der Waals surface area (Å²) in [5, 5.41) is 0. The van der Waals surface area contributed by atoms with Crippen molar-refractivity contribution in [2.45, 2.75) is 6.54 Å². The second-order valence-electron chi connectivity index (χ2n) is 3.50. The third-order valence-corrected chi connectivity index (χ3v) is 2.58. The molecule has 2 aromatic rings. The fraction of sp³-hybridized carbons (Fsp3) is 0.250. The van der Waals surface area contributed by atoms with E-state index in [1.165, 1.54) is 0 Å². The zero-order valence-corrected chi connectivity index (χ0v) is 9.86. The zero-order chi connectivity index (χ0) is 12.3. The maximum absolute atomic E-state index is 5.63. The number of ether oxygens (including phenoxy) is 2. The van der Waals surface area contributed by atoms with Gasteiger partial charge in [0.2, 0.25) is 0 Å². The molecule has 0 radical (unpaired) electrons. The van der Waals surface area contributed by atoms with Crippen molar-refractivity contribution in [1.29, 1.82) is 0 Å². The molecule has 2 rings (SSSR count). The third-order valence-electron chi connectivity index (χ3n) is 2.58. The summed E-state index contributed by atoms with van der Waals surface area (Å²) in [6, 6.07) is 5.66. The van der Waals surface area contributed by atoms with Crippen LogP contribution in [0.1, 0.15) is 5.69 Å². The molecule has 5 heteroatoms. The van der Waals surface area contributed by atoms with Gasteiger partial charge in [0.1, 0.15) is 0 Å². The molecule has 0 spiro atoms. The van der Waals surface area contributed by atoms with Crippen molar-refractivity contribution in [1.82, 2.24) is 9.97 Å². The second-order valence-corrected chi connectivity index (χ2v) is 3.50. The van der Waals surface area contributed by atoms with E-state index in [4.69, 9.17) is 15.2 Å². The van der Waals surface area contributed by atoms with E-state index in [9.17, 15) is 0 Å². The SMILES string of the molecule is COc1ccc(-c2nc[nH]c2CN)cc1OC. The summed E-state index contributed by atoms with van der Waals surface area (Å²) in [5.41, 5.74) is 8.32. The molecular formula is C12H15N3O2. The first-order valence-corrected chi connectivity index (χ1v) is 5.25. The molecule has 0 bridgehead atoms. The first-order chi connectivity index (χ1) is 8.30. The summed E-state index contributed by atoms with van der Waals surface area (Å²) >= 11 is 0. The lowest BCUT2D eigenvalue weighted by Crippen LogP contribution is -1.99. The molecule has 0 unspecified atom stereocenters. The number of rotatable bonds is 4. The summed E-state index contributed by atoms with van der Waals surface area (Å²) < 4.78 is 10.4. The Kier molecular flexibility index (Phi) is 3.30. The van der Waals surface area contributed by atoms with Gasteiger partial charge in [0.25, 0.3) is 0 Å². The van der Waals surface area contributed by atoms with Crippen LogP contribution in [0.15, 0.2) is 24.5 Å². The van der Waals surface area contributed by atoms with Crippen LogP contribution in [0.3, 0.4) is 0 Å². The van der Waals surface area contributed by atoms with Crippen LogP contribution in [0, 0.1) is 0 Å². The van der Waals surface area contributed by atoms with E-state index in [1.807, 2.05) is 18.2 Å². The Morgan fingerprint density at radius 2 is 2.00 bits per heavy atom. The Morgan fingerprint density at radius 1 is 1.24 bits per heavy atom. The second kappa shape index (κ2) is 4.88. The Labute approximate surface area is 99.6 Å². The molecule has 1 heterocycles. The lowest BCUT2D eigenvalue weighted by atomic mass is 10.1. The standard InChI is InChI=1S/C12H15N3O2/c1-16-10-4-3-8(5-11(10)17-2)12-9(6-13)14-7-15-12/h3-5,7H,6,13H2,1-2H3,(H,14,15). The van der Waals surface area contributed by atoms with Crippen LogP contribution in [0.2, 0.25) is 0 Å². The van der Waals surface area contributed by atoms with E-state index < -0.39 is 0 Å². The number of H-pyrrole nitrogens is 1. The predicted molar refractivity (Wildman–Crippen MR) is 65.0 cm³/mol. The molecule has 0 saturated heterocycles. The lowest BCUT2D eigenvalue weighted by Gasteiger charge is -2.09. The molecular weight excluding hydrogens is 218 g/mol. The van der Waals surface area contributed by atoms with Crippen LogP contribution in [0.4, 0.5) is 0 Å². The maximum atomic E-state index is 5.63. The highest BCUT2D eigenvalue weighted by Gasteiger charge is 2.10. The fourth-order valence-electron chi connectivity index (χ4n) is 1.71. The summed E-state index contributed by atoms with van der Waals surface area (Å²) in [5.74, 6) is 1.37. The smallest absolute Gasteiger partial charge is 0.161 e. The van der Waals surface area contributed by atoms with Crippen molar-refractivity contribution in [2.75, 3.05) is 14.2 Å². The molecule has 1 aromatic carbocycles. The summed E-state index contributed by atoms with van der Waals surface area (Å²) in [6.07, 6.45) is 1.63. The van der Waals surface area contributed by atoms with Crippen molar-refractivity contribution in [2.24, 2.45) is 5.73 Å². The Balaban J connectivity index is 2.46. The fourth-order valence-corrected chi connectivity index (χ4v) is 1.71. The number of nitrogens with zero attached hydrogens (tertiary/aromatic N) is 1. The van der Waals surface area contributed by atoms with Crippen molar-refractivity contribution in [3.05, 3.63) is 30.2 Å². The molecule has 0 saturated carbocycles. The monoisotopic (exact) mass is 233 g/mol. The molecule has 0 atom stereocenters. The molecule has 0 aliphatic rings. The van der Waals surface area contributed by atoms with Crippen LogP contribution in [-0.2, 0) is 6.54 Å². The van der Waals surface area contributed by atoms with E-state index in [1.54, 1.807) is 20.5 Å². The van der Waals surface area contributed by atoms with Gasteiger partial charge in [-0.1, -0.05) is 0 Å². The summed E-state index contributed by atoms with van der Waals surface area (Å²) in [7, 11) is 3.22. The first-order valence-electron chi connectivity index (χ1n) is 5.25. The molecule has 0 fully saturated rings. The number of aromatic amines is 1. The van der Waals surface area contributed by atoms with E-state index in [0.29, 0.717) is 18.0 Å². The van der Waals surface area contributed by atoms with E-state index >= 15 is 0 Å². The first kappa shape index (κ1) is 11.5. The molecule has 90 valence electrons. The Hall–Kier alpha value is -2.01. The van der Waals surface area contributed by atoms with Gasteiger partial charge in [-0.25, -0.2) is 4.98 Å². The van der Waals surface area contributed by atoms with Gasteiger partial charge >= 0.3 is 0 Å². The number of nitrogens with one attached hydrogen (secondary N) is 1. The van der Waals surface area contributed by atoms with Gasteiger partial charge in [0.05, 0.1) is 31.9 Å². The van der Waals surface area contributed by atoms with Gasteiger partial charge in [-0.3, -0.25) is 0 Å². The molecule has 5 nitrogen and oxygen atoms in total. The average Bonchev–Trinajstić information content (AvgIpc) is 2.86. The van der Waals surface area contributed by atoms with Gasteiger partial charge in [-0.2, -0.15) is 0 Å². The number of nitrogens with two attached hydrogens (primary N) is 1. The molecule has 3 N–H and O–H groups in total. The largest absolute Gasteiger partial charge is 0.493 e. The highest BCUT2D eigenvalue weighted by atomic mass is 16.5. The summed E-state index contributed by atoms with van der Waals surface area (Å²) in [6.45, 7) is 0.420. The average molecular weight is 233 g/mol. The molecule has 1 aromatic heterocycles. The molecule has 17 heavy (non-hydrogen) atoms. The van der Waals surface area contributed by atoms with Crippen LogP contribution in [0.5, 0.6) is 11.5 Å². The van der Waals surface area contributed by atoms with Crippen LogP contribution in [-0.4, -0.2) is 24.2 Å². The lowest BCUT2D eigenvalue weighted by molar-refractivity contribution is 0.355. The van der Waals surface area contributed by atoms with E-state index in [-0.39, 0.29) is 0 Å². The van der Waals surface area contributed by atoms with Gasteiger partial charge in [0.15, 0.2) is 11.5 Å². The van der Waals surface area contributed by atoms with Gasteiger partial charge in [0, 0.05) is 12.1 Å². The number of benzene rings is 1. The van der Waals surface area contributed by atoms with Gasteiger partial charge < -0.3 is 20.2 Å². The molecule has 0 aliphatic heterocycles. The van der Waals surface area contributed by atoms with Crippen LogP contribution >= 0.6 is 0 Å². The van der Waals surface area contributed by atoms with Crippen molar-refractivity contribution < 1.29 is 9.47 Å². The third kappa shape index (κ3) is 2.09. The highest BCUT2D eigenvalue weighted by Crippen LogP contribution is 2.32. The zero-order valence-electron chi connectivity index (χ0n) is 9.86. The number of hydrogen-bond donors (Lipinski definition) is 2. The van der Waals surface area contributed by atoms with Crippen molar-refractivity contribution in [3.8, 4) is 22.8 Å². The topological polar surface area (TPSA) is 73.2 Å². The molecule has 0 amide bonds. The minimum absolute atomic E-state index is 0.420. The Morgan fingerprint density at radius 3 is 2.65 bits per heavy atom. The number of aromatic nitrogens is 2. The summed E-state index contributed by atoms with van der Waals surface area (Å²) in [4.78, 5) is 7.27. The van der Waals surface area contributed by atoms with E-state index in [0.717, 1.165) is 17.0 Å². The van der Waals surface area contributed by atoms with Crippen LogP contribution in [0.25, 0.3) is 11.3 Å². The van der Waals surface area contributed by atoms with Gasteiger partial charge in [-0.15, -0.1) is 0 Å². The number of hydrogen-bond acceptors (Lipinski definition) is 4. The predicted octanol–water partition coefficient (Wildman–Crippen LogP) is 1.55. The maximum Gasteiger partial charge on any atom is 0.161 e. The van der Waals surface area contributed by atoms with E-state index in [2.05, 4.69) is 9.97 Å². The quantitative estimate of drug-likeness (QED) is 0.840. The highest BCUT2D eigenvalue weighted by molar-refractivity contribution is 5.65.